The SMILES string of the molecule is O=C1CCN(SCc2ccc(F)c(NC(=O)C3CCNCC3)c2)CC1. The van der Waals surface area contributed by atoms with Crippen molar-refractivity contribution in [2.24, 2.45) is 5.92 Å². The Hall–Kier alpha value is -1.44. The second kappa shape index (κ2) is 8.78. The Morgan fingerprint density at radius 2 is 2.00 bits per heavy atom. The zero-order chi connectivity index (χ0) is 17.6. The number of nitrogens with zero attached hydrogens (tertiary/aromatic N) is 1. The van der Waals surface area contributed by atoms with Crippen LogP contribution in [0.5, 0.6) is 0 Å². The van der Waals surface area contributed by atoms with Crippen molar-refractivity contribution in [2.45, 2.75) is 31.4 Å². The minimum absolute atomic E-state index is 0.0513. The van der Waals surface area contributed by atoms with Gasteiger partial charge < -0.3 is 10.6 Å². The lowest BCUT2D eigenvalue weighted by molar-refractivity contribution is -0.121. The summed E-state index contributed by atoms with van der Waals surface area (Å²) in [7, 11) is 0. The van der Waals surface area contributed by atoms with Gasteiger partial charge in [-0.25, -0.2) is 8.70 Å². The molecule has 2 N–H and O–H groups in total. The number of nitrogens with one attached hydrogen (secondary N) is 2. The van der Waals surface area contributed by atoms with E-state index < -0.39 is 5.82 Å². The molecule has 7 heteroatoms. The van der Waals surface area contributed by atoms with Gasteiger partial charge in [0, 0.05) is 37.6 Å². The van der Waals surface area contributed by atoms with Crippen LogP contribution in [0.1, 0.15) is 31.2 Å². The van der Waals surface area contributed by atoms with Gasteiger partial charge in [-0.15, -0.1) is 0 Å². The van der Waals surface area contributed by atoms with E-state index in [4.69, 9.17) is 0 Å². The highest BCUT2D eigenvalue weighted by atomic mass is 32.2. The van der Waals surface area contributed by atoms with Crippen LogP contribution in [0.3, 0.4) is 0 Å². The molecule has 2 aliphatic heterocycles. The molecule has 2 fully saturated rings. The fourth-order valence-corrected chi connectivity index (χ4v) is 4.06. The highest BCUT2D eigenvalue weighted by Gasteiger charge is 2.22. The minimum Gasteiger partial charge on any atom is -0.323 e. The summed E-state index contributed by atoms with van der Waals surface area (Å²) in [6.07, 6.45) is 2.79. The Labute approximate surface area is 151 Å². The lowest BCUT2D eigenvalue weighted by Gasteiger charge is -2.24. The summed E-state index contributed by atoms with van der Waals surface area (Å²) >= 11 is 1.65. The maximum atomic E-state index is 14.1. The Balaban J connectivity index is 1.56. The van der Waals surface area contributed by atoms with Crippen LogP contribution in [0.2, 0.25) is 0 Å². The van der Waals surface area contributed by atoms with Crippen molar-refractivity contribution in [3.8, 4) is 0 Å². The van der Waals surface area contributed by atoms with E-state index in [0.717, 1.165) is 44.6 Å². The molecule has 5 nitrogen and oxygen atoms in total. The van der Waals surface area contributed by atoms with Crippen LogP contribution in [0.25, 0.3) is 0 Å². The number of ketones is 1. The van der Waals surface area contributed by atoms with Gasteiger partial charge in [0.1, 0.15) is 11.6 Å². The van der Waals surface area contributed by atoms with Gasteiger partial charge in [-0.05, 0) is 43.6 Å². The van der Waals surface area contributed by atoms with Crippen molar-refractivity contribution < 1.29 is 14.0 Å². The Morgan fingerprint density at radius 3 is 2.72 bits per heavy atom. The molecular weight excluding hydrogens is 341 g/mol. The number of hydrogen-bond acceptors (Lipinski definition) is 5. The second-order valence-electron chi connectivity index (χ2n) is 6.57. The highest BCUT2D eigenvalue weighted by Crippen LogP contribution is 2.25. The Morgan fingerprint density at radius 1 is 1.28 bits per heavy atom. The van der Waals surface area contributed by atoms with Gasteiger partial charge in [0.05, 0.1) is 5.69 Å². The van der Waals surface area contributed by atoms with Crippen LogP contribution in [-0.2, 0) is 15.3 Å². The molecule has 1 aromatic carbocycles. The van der Waals surface area contributed by atoms with Crippen molar-refractivity contribution in [2.75, 3.05) is 31.5 Å². The van der Waals surface area contributed by atoms with Crippen LogP contribution < -0.4 is 10.6 Å². The predicted molar refractivity (Wildman–Crippen MR) is 97.7 cm³/mol. The first-order valence-corrected chi connectivity index (χ1v) is 9.75. The first kappa shape index (κ1) is 18.4. The number of halogens is 1. The number of amides is 1. The Kier molecular flexibility index (Phi) is 6.45. The molecule has 1 aromatic rings. The van der Waals surface area contributed by atoms with E-state index in [-0.39, 0.29) is 17.5 Å². The van der Waals surface area contributed by atoms with Gasteiger partial charge in [-0.3, -0.25) is 9.59 Å². The van der Waals surface area contributed by atoms with Gasteiger partial charge in [-0.2, -0.15) is 0 Å². The third kappa shape index (κ3) is 5.26. The van der Waals surface area contributed by atoms with Gasteiger partial charge in [-0.1, -0.05) is 18.0 Å². The van der Waals surface area contributed by atoms with Crippen molar-refractivity contribution in [1.29, 1.82) is 0 Å². The molecule has 2 saturated heterocycles. The summed E-state index contributed by atoms with van der Waals surface area (Å²) in [6.45, 7) is 3.19. The molecule has 25 heavy (non-hydrogen) atoms. The van der Waals surface area contributed by atoms with Crippen molar-refractivity contribution in [3.05, 3.63) is 29.6 Å². The zero-order valence-corrected chi connectivity index (χ0v) is 15.0. The second-order valence-corrected chi connectivity index (χ2v) is 7.63. The van der Waals surface area contributed by atoms with E-state index >= 15 is 0 Å². The van der Waals surface area contributed by atoms with Crippen molar-refractivity contribution >= 4 is 29.3 Å². The number of piperidine rings is 2. The van der Waals surface area contributed by atoms with E-state index in [0.29, 0.717) is 24.4 Å². The number of Topliss-reactive ketones (excluding diaryl/α,β-unsaturated/α-hetero) is 1. The summed E-state index contributed by atoms with van der Waals surface area (Å²) in [5, 5.41) is 5.98. The standard InChI is InChI=1S/C18H24FN3O2S/c19-16-2-1-13(12-25-22-9-5-15(23)6-10-22)11-17(16)21-18(24)14-3-7-20-8-4-14/h1-2,11,14,20H,3-10,12H2,(H,21,24). The van der Waals surface area contributed by atoms with Crippen LogP contribution in [0.15, 0.2) is 18.2 Å². The van der Waals surface area contributed by atoms with E-state index in [1.807, 2.05) is 0 Å². The summed E-state index contributed by atoms with van der Waals surface area (Å²) in [5.41, 5.74) is 1.22. The average Bonchev–Trinajstić information content (AvgIpc) is 2.64. The number of hydrogen-bond donors (Lipinski definition) is 2. The fraction of sp³-hybridized carbons (Fsp3) is 0.556. The van der Waals surface area contributed by atoms with Gasteiger partial charge in [0.2, 0.25) is 5.91 Å². The highest BCUT2D eigenvalue weighted by molar-refractivity contribution is 7.96. The molecule has 0 radical (unpaired) electrons. The quantitative estimate of drug-likeness (QED) is 0.786. The van der Waals surface area contributed by atoms with Crippen molar-refractivity contribution in [3.63, 3.8) is 0 Å². The normalized spacial score (nSPS) is 19.8. The molecule has 0 spiro atoms. The van der Waals surface area contributed by atoms with Crippen LogP contribution >= 0.6 is 11.9 Å². The lowest BCUT2D eigenvalue weighted by Crippen LogP contribution is -2.34. The predicted octanol–water partition coefficient (Wildman–Crippen LogP) is 2.58. The lowest BCUT2D eigenvalue weighted by atomic mass is 9.97. The summed E-state index contributed by atoms with van der Waals surface area (Å²) in [5.74, 6) is 0.468. The molecule has 2 heterocycles. The molecule has 3 rings (SSSR count). The third-order valence-electron chi connectivity index (χ3n) is 4.69. The van der Waals surface area contributed by atoms with Gasteiger partial charge in [0.25, 0.3) is 0 Å². The third-order valence-corrected chi connectivity index (χ3v) is 5.89. The van der Waals surface area contributed by atoms with Crippen LogP contribution in [0, 0.1) is 11.7 Å². The monoisotopic (exact) mass is 365 g/mol. The molecule has 0 bridgehead atoms. The number of rotatable bonds is 5. The maximum Gasteiger partial charge on any atom is 0.227 e. The smallest absolute Gasteiger partial charge is 0.227 e. The first-order chi connectivity index (χ1) is 12.1. The average molecular weight is 365 g/mol. The van der Waals surface area contributed by atoms with Gasteiger partial charge in [0.15, 0.2) is 0 Å². The molecule has 0 aliphatic carbocycles. The molecule has 0 saturated carbocycles. The Bertz CT molecular complexity index is 625. The minimum atomic E-state index is -0.403. The number of carbonyl (C=O) groups excluding carboxylic acids is 2. The van der Waals surface area contributed by atoms with E-state index in [1.54, 1.807) is 24.1 Å². The maximum absolute atomic E-state index is 14.1. The number of anilines is 1. The molecule has 136 valence electrons. The summed E-state index contributed by atoms with van der Waals surface area (Å²) < 4.78 is 16.2. The molecule has 0 aromatic heterocycles. The molecule has 2 aliphatic rings. The largest absolute Gasteiger partial charge is 0.323 e. The molecular formula is C18H24FN3O2S. The van der Waals surface area contributed by atoms with Crippen LogP contribution in [-0.4, -0.2) is 42.2 Å². The topological polar surface area (TPSA) is 61.4 Å². The van der Waals surface area contributed by atoms with E-state index in [2.05, 4.69) is 14.9 Å². The van der Waals surface area contributed by atoms with Crippen molar-refractivity contribution in [1.82, 2.24) is 9.62 Å². The van der Waals surface area contributed by atoms with Crippen LogP contribution in [0.4, 0.5) is 10.1 Å². The number of carbonyl (C=O) groups is 2. The molecule has 0 atom stereocenters. The molecule has 1 amide bonds. The van der Waals surface area contributed by atoms with E-state index in [1.165, 1.54) is 6.07 Å². The van der Waals surface area contributed by atoms with Gasteiger partial charge >= 0.3 is 0 Å². The molecule has 0 unspecified atom stereocenters. The summed E-state index contributed by atoms with van der Waals surface area (Å²) in [6, 6.07) is 4.88. The number of benzene rings is 1. The fourth-order valence-electron chi connectivity index (χ4n) is 3.11. The zero-order valence-electron chi connectivity index (χ0n) is 14.2. The first-order valence-electron chi connectivity index (χ1n) is 8.81. The van der Waals surface area contributed by atoms with E-state index in [9.17, 15) is 14.0 Å². The summed E-state index contributed by atoms with van der Waals surface area (Å²) in [4.78, 5) is 23.6.